The van der Waals surface area contributed by atoms with Gasteiger partial charge in [-0.2, -0.15) is 0 Å². The summed E-state index contributed by atoms with van der Waals surface area (Å²) >= 11 is 2.17. The molecule has 0 N–H and O–H groups in total. The van der Waals surface area contributed by atoms with Gasteiger partial charge < -0.3 is 9.47 Å². The van der Waals surface area contributed by atoms with Crippen LogP contribution in [0.2, 0.25) is 0 Å². The molecule has 0 saturated heterocycles. The van der Waals surface area contributed by atoms with Crippen molar-refractivity contribution in [3.63, 3.8) is 0 Å². The molecule has 0 heterocycles. The predicted octanol–water partition coefficient (Wildman–Crippen LogP) is 3.66. The maximum atomic E-state index is 12.0. The predicted molar refractivity (Wildman–Crippen MR) is 81.3 cm³/mol. The van der Waals surface area contributed by atoms with E-state index in [0.717, 1.165) is 9.13 Å². The molecule has 4 heteroatoms. The molecule has 2 aromatic rings. The van der Waals surface area contributed by atoms with E-state index in [-0.39, 0.29) is 12.6 Å². The number of methoxy groups -OCH3 is 1. The van der Waals surface area contributed by atoms with Gasteiger partial charge in [0.2, 0.25) is 0 Å². The van der Waals surface area contributed by atoms with Crippen LogP contribution in [0.25, 0.3) is 0 Å². The van der Waals surface area contributed by atoms with Gasteiger partial charge in [-0.25, -0.2) is 4.79 Å². The van der Waals surface area contributed by atoms with Crippen LogP contribution in [0.5, 0.6) is 5.75 Å². The molecule has 0 atom stereocenters. The highest BCUT2D eigenvalue weighted by Crippen LogP contribution is 2.22. The van der Waals surface area contributed by atoms with Crippen molar-refractivity contribution in [1.29, 1.82) is 0 Å². The number of carbonyl (C=O) groups is 1. The Morgan fingerprint density at radius 3 is 2.58 bits per heavy atom. The molecule has 0 aliphatic carbocycles. The Hall–Kier alpha value is -1.56. The van der Waals surface area contributed by atoms with Crippen LogP contribution in [-0.2, 0) is 11.3 Å². The van der Waals surface area contributed by atoms with Gasteiger partial charge in [-0.1, -0.05) is 30.3 Å². The van der Waals surface area contributed by atoms with Crippen LogP contribution in [0.4, 0.5) is 0 Å². The summed E-state index contributed by atoms with van der Waals surface area (Å²) in [5.41, 5.74) is 1.40. The van der Waals surface area contributed by atoms with Gasteiger partial charge in [0.1, 0.15) is 17.9 Å². The van der Waals surface area contributed by atoms with Gasteiger partial charge in [-0.05, 0) is 46.4 Å². The molecule has 2 aromatic carbocycles. The molecule has 98 valence electrons. The molecule has 0 spiro atoms. The first kappa shape index (κ1) is 13.9. The number of ether oxygens (including phenoxy) is 2. The van der Waals surface area contributed by atoms with E-state index >= 15 is 0 Å². The monoisotopic (exact) mass is 368 g/mol. The zero-order valence-electron chi connectivity index (χ0n) is 10.4. The lowest BCUT2D eigenvalue weighted by molar-refractivity contribution is 0.0469. The van der Waals surface area contributed by atoms with E-state index in [1.807, 2.05) is 36.4 Å². The molecule has 0 aliphatic heterocycles. The molecule has 0 aliphatic rings. The molecule has 0 aromatic heterocycles. The minimum absolute atomic E-state index is 0.259. The smallest absolute Gasteiger partial charge is 0.342 e. The summed E-state index contributed by atoms with van der Waals surface area (Å²) in [6.07, 6.45) is 0. The second kappa shape index (κ2) is 6.56. The van der Waals surface area contributed by atoms with Gasteiger partial charge in [0, 0.05) is 3.57 Å². The Kier molecular flexibility index (Phi) is 4.79. The van der Waals surface area contributed by atoms with Crippen LogP contribution in [0.15, 0.2) is 48.5 Å². The fraction of sp³-hybridized carbons (Fsp3) is 0.133. The number of benzene rings is 2. The minimum atomic E-state index is -0.378. The highest BCUT2D eigenvalue weighted by Gasteiger charge is 2.13. The van der Waals surface area contributed by atoms with E-state index in [4.69, 9.17) is 9.47 Å². The summed E-state index contributed by atoms with van der Waals surface area (Å²) in [6.45, 7) is 0.259. The fourth-order valence-corrected chi connectivity index (χ4v) is 2.10. The van der Waals surface area contributed by atoms with Gasteiger partial charge in [0.15, 0.2) is 0 Å². The number of esters is 1. The van der Waals surface area contributed by atoms with E-state index in [2.05, 4.69) is 22.6 Å². The third-order valence-corrected chi connectivity index (χ3v) is 3.27. The average Bonchev–Trinajstić information content (AvgIpc) is 2.45. The van der Waals surface area contributed by atoms with E-state index in [1.165, 1.54) is 0 Å². The Morgan fingerprint density at radius 2 is 1.89 bits per heavy atom. The van der Waals surface area contributed by atoms with Gasteiger partial charge >= 0.3 is 5.97 Å². The molecule has 0 radical (unpaired) electrons. The number of hydrogen-bond donors (Lipinski definition) is 0. The van der Waals surface area contributed by atoms with E-state index in [0.29, 0.717) is 11.3 Å². The Bertz CT molecular complexity index is 567. The van der Waals surface area contributed by atoms with Gasteiger partial charge in [0.25, 0.3) is 0 Å². The van der Waals surface area contributed by atoms with Crippen molar-refractivity contribution in [2.75, 3.05) is 7.11 Å². The van der Waals surface area contributed by atoms with Crippen LogP contribution >= 0.6 is 22.6 Å². The first-order valence-electron chi connectivity index (χ1n) is 5.75. The lowest BCUT2D eigenvalue weighted by atomic mass is 10.2. The molecule has 2 rings (SSSR count). The van der Waals surface area contributed by atoms with Crippen molar-refractivity contribution in [3.8, 4) is 5.75 Å². The molecular weight excluding hydrogens is 355 g/mol. The zero-order valence-corrected chi connectivity index (χ0v) is 12.6. The van der Waals surface area contributed by atoms with Crippen molar-refractivity contribution in [1.82, 2.24) is 0 Å². The third kappa shape index (κ3) is 3.70. The van der Waals surface area contributed by atoms with Crippen molar-refractivity contribution in [2.45, 2.75) is 6.61 Å². The van der Waals surface area contributed by atoms with E-state index in [9.17, 15) is 4.79 Å². The molecular formula is C15H13IO3. The second-order valence-electron chi connectivity index (χ2n) is 3.91. The van der Waals surface area contributed by atoms with Crippen LogP contribution in [0.1, 0.15) is 15.9 Å². The Balaban J connectivity index is 2.08. The highest BCUT2D eigenvalue weighted by atomic mass is 127. The lowest BCUT2D eigenvalue weighted by Gasteiger charge is -2.09. The SMILES string of the molecule is COc1cc(I)ccc1C(=O)OCc1ccccc1. The summed E-state index contributed by atoms with van der Waals surface area (Å²) in [5, 5.41) is 0. The second-order valence-corrected chi connectivity index (χ2v) is 5.15. The standard InChI is InChI=1S/C15H13IO3/c1-18-14-9-12(16)7-8-13(14)15(17)19-10-11-5-3-2-4-6-11/h2-9H,10H2,1H3. The molecule has 0 amide bonds. The summed E-state index contributed by atoms with van der Waals surface area (Å²) in [6, 6.07) is 14.9. The minimum Gasteiger partial charge on any atom is -0.496 e. The van der Waals surface area contributed by atoms with Crippen molar-refractivity contribution in [3.05, 3.63) is 63.2 Å². The average molecular weight is 368 g/mol. The highest BCUT2D eigenvalue weighted by molar-refractivity contribution is 14.1. The van der Waals surface area contributed by atoms with Crippen molar-refractivity contribution < 1.29 is 14.3 Å². The van der Waals surface area contributed by atoms with Crippen LogP contribution in [0, 0.1) is 3.57 Å². The fourth-order valence-electron chi connectivity index (χ4n) is 1.63. The lowest BCUT2D eigenvalue weighted by Crippen LogP contribution is -2.07. The van der Waals surface area contributed by atoms with Crippen LogP contribution in [0.3, 0.4) is 0 Å². The largest absolute Gasteiger partial charge is 0.496 e. The van der Waals surface area contributed by atoms with Crippen LogP contribution in [-0.4, -0.2) is 13.1 Å². The van der Waals surface area contributed by atoms with Crippen molar-refractivity contribution >= 4 is 28.6 Å². The molecule has 0 bridgehead atoms. The van der Waals surface area contributed by atoms with E-state index in [1.54, 1.807) is 19.2 Å². The molecule has 0 fully saturated rings. The first-order chi connectivity index (χ1) is 9.20. The van der Waals surface area contributed by atoms with Crippen LogP contribution < -0.4 is 4.74 Å². The van der Waals surface area contributed by atoms with Gasteiger partial charge in [-0.3, -0.25) is 0 Å². The van der Waals surface area contributed by atoms with Gasteiger partial charge in [0.05, 0.1) is 7.11 Å². The number of hydrogen-bond acceptors (Lipinski definition) is 3. The molecule has 19 heavy (non-hydrogen) atoms. The molecule has 3 nitrogen and oxygen atoms in total. The summed E-state index contributed by atoms with van der Waals surface area (Å²) < 4.78 is 11.5. The zero-order chi connectivity index (χ0) is 13.7. The first-order valence-corrected chi connectivity index (χ1v) is 6.83. The maximum Gasteiger partial charge on any atom is 0.342 e. The number of rotatable bonds is 4. The number of halogens is 1. The number of carbonyl (C=O) groups excluding carboxylic acids is 1. The van der Waals surface area contributed by atoms with Crippen molar-refractivity contribution in [2.24, 2.45) is 0 Å². The summed E-state index contributed by atoms with van der Waals surface area (Å²) in [7, 11) is 1.54. The third-order valence-electron chi connectivity index (χ3n) is 2.60. The quantitative estimate of drug-likeness (QED) is 0.611. The summed E-state index contributed by atoms with van der Waals surface area (Å²) in [4.78, 5) is 12.0. The summed E-state index contributed by atoms with van der Waals surface area (Å²) in [5.74, 6) is 0.155. The molecule has 0 saturated carbocycles. The Labute approximate surface area is 125 Å². The normalized spacial score (nSPS) is 10.0. The Morgan fingerprint density at radius 1 is 1.16 bits per heavy atom. The van der Waals surface area contributed by atoms with E-state index < -0.39 is 0 Å². The topological polar surface area (TPSA) is 35.5 Å². The van der Waals surface area contributed by atoms with Gasteiger partial charge in [-0.15, -0.1) is 0 Å². The maximum absolute atomic E-state index is 12.0. The molecule has 0 unspecified atom stereocenters.